The number of carbonyl (C=O) groups is 2. The first-order valence-corrected chi connectivity index (χ1v) is 11.2. The molecule has 1 atom stereocenters. The molecule has 4 N–H and O–H groups in total. The first-order valence-electron chi connectivity index (χ1n) is 9.67. The fourth-order valence-electron chi connectivity index (χ4n) is 3.53. The molecule has 1 unspecified atom stereocenters. The number of methoxy groups -OCH3 is 1. The summed E-state index contributed by atoms with van der Waals surface area (Å²) in [6, 6.07) is 11.5. The van der Waals surface area contributed by atoms with Gasteiger partial charge in [0.05, 0.1) is 7.11 Å². The van der Waals surface area contributed by atoms with Crippen molar-refractivity contribution in [3.63, 3.8) is 0 Å². The van der Waals surface area contributed by atoms with Gasteiger partial charge in [0.15, 0.2) is 0 Å². The van der Waals surface area contributed by atoms with Gasteiger partial charge in [-0.15, -0.1) is 0 Å². The molecule has 160 valence electrons. The summed E-state index contributed by atoms with van der Waals surface area (Å²) in [5, 5.41) is 2.57. The van der Waals surface area contributed by atoms with Crippen LogP contribution in [-0.4, -0.2) is 33.4 Å². The Morgan fingerprint density at radius 2 is 1.77 bits per heavy atom. The predicted octanol–water partition coefficient (Wildman–Crippen LogP) is 1.87. The smallest absolute Gasteiger partial charge is 0.252 e. The van der Waals surface area contributed by atoms with E-state index in [1.165, 1.54) is 25.3 Å². The third-order valence-electron chi connectivity index (χ3n) is 5.09. The molecule has 0 spiro atoms. The molecular weight excluding hydrogens is 406 g/mol. The van der Waals surface area contributed by atoms with E-state index in [2.05, 4.69) is 10.0 Å². The second-order valence-corrected chi connectivity index (χ2v) is 8.87. The molecule has 30 heavy (non-hydrogen) atoms. The molecule has 9 heteroatoms. The number of primary amides is 1. The minimum absolute atomic E-state index is 0.0739. The van der Waals surface area contributed by atoms with Gasteiger partial charge in [-0.3, -0.25) is 9.59 Å². The van der Waals surface area contributed by atoms with E-state index in [4.69, 9.17) is 10.5 Å². The monoisotopic (exact) mass is 431 g/mol. The molecule has 2 aromatic carbocycles. The number of carbonyl (C=O) groups excluding carboxylic acids is 2. The maximum absolute atomic E-state index is 12.9. The second-order valence-electron chi connectivity index (χ2n) is 7.19. The molecule has 0 aliphatic heterocycles. The Kier molecular flexibility index (Phi) is 6.73. The van der Waals surface area contributed by atoms with Crippen molar-refractivity contribution in [1.82, 2.24) is 10.0 Å². The van der Waals surface area contributed by atoms with E-state index in [0.717, 1.165) is 25.7 Å². The van der Waals surface area contributed by atoms with Crippen LogP contribution in [-0.2, 0) is 14.8 Å². The highest BCUT2D eigenvalue weighted by Crippen LogP contribution is 2.27. The van der Waals surface area contributed by atoms with E-state index < -0.39 is 27.9 Å². The average molecular weight is 432 g/mol. The maximum Gasteiger partial charge on any atom is 0.252 e. The zero-order valence-corrected chi connectivity index (χ0v) is 17.4. The van der Waals surface area contributed by atoms with E-state index in [1.54, 1.807) is 30.3 Å². The van der Waals surface area contributed by atoms with Gasteiger partial charge in [-0.2, -0.15) is 0 Å². The van der Waals surface area contributed by atoms with Gasteiger partial charge < -0.3 is 15.8 Å². The summed E-state index contributed by atoms with van der Waals surface area (Å²) in [7, 11) is -2.52. The number of hydrogen-bond acceptors (Lipinski definition) is 5. The Bertz CT molecular complexity index is 1020. The fourth-order valence-corrected chi connectivity index (χ4v) is 5.03. The normalized spacial score (nSPS) is 15.5. The molecule has 1 aliphatic carbocycles. The summed E-state index contributed by atoms with van der Waals surface area (Å²) in [6.07, 6.45) is 3.50. The van der Waals surface area contributed by atoms with Crippen molar-refractivity contribution < 1.29 is 22.7 Å². The Hall–Kier alpha value is -2.91. The molecule has 1 aliphatic rings. The van der Waals surface area contributed by atoms with Crippen LogP contribution in [0.1, 0.15) is 47.6 Å². The van der Waals surface area contributed by atoms with Crippen LogP contribution in [0, 0.1) is 0 Å². The number of nitrogens with one attached hydrogen (secondary N) is 2. The summed E-state index contributed by atoms with van der Waals surface area (Å²) in [5.41, 5.74) is 6.06. The van der Waals surface area contributed by atoms with Crippen LogP contribution >= 0.6 is 0 Å². The summed E-state index contributed by atoms with van der Waals surface area (Å²) >= 11 is 0. The quantitative estimate of drug-likeness (QED) is 0.588. The van der Waals surface area contributed by atoms with Crippen LogP contribution < -0.4 is 20.5 Å². The lowest BCUT2D eigenvalue weighted by Gasteiger charge is -2.18. The lowest BCUT2D eigenvalue weighted by atomic mass is 10.1. The highest BCUT2D eigenvalue weighted by atomic mass is 32.2. The minimum atomic E-state index is -3.89. The van der Waals surface area contributed by atoms with Crippen LogP contribution in [0.4, 0.5) is 0 Å². The van der Waals surface area contributed by atoms with E-state index in [9.17, 15) is 18.0 Å². The lowest BCUT2D eigenvalue weighted by molar-refractivity contribution is -0.120. The molecule has 2 amide bonds. The standard InChI is InChI=1S/C21H25N3O5S/c1-29-17-12-11-15(13-18(17)30(27,28)24-16-9-5-6-10-16)21(26)23-19(20(22)25)14-7-3-2-4-8-14/h2-4,7-8,11-13,16,19,24H,5-6,9-10H2,1H3,(H2,22,25)(H,23,26). The van der Waals surface area contributed by atoms with Crippen LogP contribution in [0.5, 0.6) is 5.75 Å². The van der Waals surface area contributed by atoms with Gasteiger partial charge in [0.25, 0.3) is 5.91 Å². The fraction of sp³-hybridized carbons (Fsp3) is 0.333. The molecule has 0 radical (unpaired) electrons. The molecule has 1 saturated carbocycles. The van der Waals surface area contributed by atoms with Crippen molar-refractivity contribution >= 4 is 21.8 Å². The van der Waals surface area contributed by atoms with Crippen LogP contribution in [0.3, 0.4) is 0 Å². The first-order chi connectivity index (χ1) is 14.3. The molecule has 0 bridgehead atoms. The van der Waals surface area contributed by atoms with Crippen molar-refractivity contribution in [2.45, 2.75) is 42.7 Å². The molecule has 8 nitrogen and oxygen atoms in total. The Labute approximate surface area is 175 Å². The number of rotatable bonds is 8. The number of amides is 2. The van der Waals surface area contributed by atoms with Gasteiger partial charge in [-0.25, -0.2) is 13.1 Å². The van der Waals surface area contributed by atoms with Crippen molar-refractivity contribution in [2.24, 2.45) is 5.73 Å². The SMILES string of the molecule is COc1ccc(C(=O)NC(C(N)=O)c2ccccc2)cc1S(=O)(=O)NC1CCCC1. The van der Waals surface area contributed by atoms with Gasteiger partial charge in [0.1, 0.15) is 16.7 Å². The highest BCUT2D eigenvalue weighted by molar-refractivity contribution is 7.89. The van der Waals surface area contributed by atoms with Crippen LogP contribution in [0.15, 0.2) is 53.4 Å². The average Bonchev–Trinajstić information content (AvgIpc) is 3.24. The summed E-state index contributed by atoms with van der Waals surface area (Å²) in [6.45, 7) is 0. The summed E-state index contributed by atoms with van der Waals surface area (Å²) < 4.78 is 33.7. The van der Waals surface area contributed by atoms with Gasteiger partial charge in [0.2, 0.25) is 15.9 Å². The zero-order valence-electron chi connectivity index (χ0n) is 16.6. The number of sulfonamides is 1. The molecule has 2 aromatic rings. The second kappa shape index (κ2) is 9.27. The Morgan fingerprint density at radius 1 is 1.10 bits per heavy atom. The molecular formula is C21H25N3O5S. The first kappa shape index (κ1) is 21.8. The third-order valence-corrected chi connectivity index (χ3v) is 6.63. The number of nitrogens with two attached hydrogens (primary N) is 1. The molecule has 0 aromatic heterocycles. The van der Waals surface area contributed by atoms with Crippen molar-refractivity contribution in [3.8, 4) is 5.75 Å². The minimum Gasteiger partial charge on any atom is -0.495 e. The Morgan fingerprint density at radius 3 is 2.37 bits per heavy atom. The van der Waals surface area contributed by atoms with Crippen molar-refractivity contribution in [1.29, 1.82) is 0 Å². The van der Waals surface area contributed by atoms with Crippen molar-refractivity contribution in [3.05, 3.63) is 59.7 Å². The van der Waals surface area contributed by atoms with Gasteiger partial charge in [-0.05, 0) is 36.6 Å². The number of benzene rings is 2. The topological polar surface area (TPSA) is 128 Å². The maximum atomic E-state index is 12.9. The van der Waals surface area contributed by atoms with Crippen molar-refractivity contribution in [2.75, 3.05) is 7.11 Å². The van der Waals surface area contributed by atoms with E-state index in [-0.39, 0.29) is 22.3 Å². The largest absolute Gasteiger partial charge is 0.495 e. The molecule has 3 rings (SSSR count). The summed E-state index contributed by atoms with van der Waals surface area (Å²) in [5.74, 6) is -1.21. The number of hydrogen-bond donors (Lipinski definition) is 3. The van der Waals surface area contributed by atoms with Crippen LogP contribution in [0.25, 0.3) is 0 Å². The predicted molar refractivity (Wildman–Crippen MR) is 111 cm³/mol. The molecule has 1 fully saturated rings. The van der Waals surface area contributed by atoms with E-state index in [1.807, 2.05) is 0 Å². The molecule has 0 saturated heterocycles. The van der Waals surface area contributed by atoms with E-state index >= 15 is 0 Å². The lowest BCUT2D eigenvalue weighted by Crippen LogP contribution is -2.37. The summed E-state index contributed by atoms with van der Waals surface area (Å²) in [4.78, 5) is 24.5. The number of ether oxygens (including phenoxy) is 1. The third kappa shape index (κ3) is 4.98. The zero-order chi connectivity index (χ0) is 21.7. The Balaban J connectivity index is 1.88. The van der Waals surface area contributed by atoms with E-state index in [0.29, 0.717) is 5.56 Å². The van der Waals surface area contributed by atoms with Gasteiger partial charge in [-0.1, -0.05) is 43.2 Å². The van der Waals surface area contributed by atoms with Gasteiger partial charge >= 0.3 is 0 Å². The van der Waals surface area contributed by atoms with Gasteiger partial charge in [0, 0.05) is 11.6 Å². The highest BCUT2D eigenvalue weighted by Gasteiger charge is 2.27. The molecule has 0 heterocycles. The van der Waals surface area contributed by atoms with Crippen LogP contribution in [0.2, 0.25) is 0 Å².